The van der Waals surface area contributed by atoms with Crippen LogP contribution in [0, 0.1) is 6.92 Å². The topological polar surface area (TPSA) is 58.2 Å². The van der Waals surface area contributed by atoms with Crippen molar-refractivity contribution in [2.45, 2.75) is 20.3 Å². The summed E-state index contributed by atoms with van der Waals surface area (Å²) < 4.78 is 0. The molecule has 0 bridgehead atoms. The Kier molecular flexibility index (Phi) is 4.97. The molecule has 0 spiro atoms. The maximum atomic E-state index is 11.2. The molecule has 2 N–H and O–H groups in total. The smallest absolute Gasteiger partial charge is 0.239 e. The Morgan fingerprint density at radius 2 is 1.94 bits per heavy atom. The summed E-state index contributed by atoms with van der Waals surface area (Å²) in [5.41, 5.74) is 2.31. The van der Waals surface area contributed by atoms with Crippen LogP contribution in [0.15, 0.2) is 18.2 Å². The summed E-state index contributed by atoms with van der Waals surface area (Å²) in [5, 5.41) is 5.42. The van der Waals surface area contributed by atoms with Crippen LogP contribution < -0.4 is 10.6 Å². The summed E-state index contributed by atoms with van der Waals surface area (Å²) in [4.78, 5) is 22.3. The van der Waals surface area contributed by atoms with E-state index in [2.05, 4.69) is 10.6 Å². The van der Waals surface area contributed by atoms with Gasteiger partial charge in [-0.3, -0.25) is 9.59 Å². The highest BCUT2D eigenvalue weighted by Crippen LogP contribution is 2.19. The molecule has 0 fully saturated rings. The van der Waals surface area contributed by atoms with E-state index in [4.69, 9.17) is 11.6 Å². The number of nitrogens with one attached hydrogen (secondary N) is 2. The lowest BCUT2D eigenvalue weighted by atomic mass is 10.1. The van der Waals surface area contributed by atoms with Crippen LogP contribution >= 0.6 is 11.6 Å². The van der Waals surface area contributed by atoms with Gasteiger partial charge in [0.05, 0.1) is 0 Å². The molecule has 0 saturated heterocycles. The van der Waals surface area contributed by atoms with Gasteiger partial charge < -0.3 is 10.6 Å². The van der Waals surface area contributed by atoms with Crippen LogP contribution in [-0.4, -0.2) is 17.7 Å². The van der Waals surface area contributed by atoms with Gasteiger partial charge in [-0.15, -0.1) is 11.6 Å². The minimum Gasteiger partial charge on any atom is -0.326 e. The van der Waals surface area contributed by atoms with E-state index in [1.165, 1.54) is 0 Å². The van der Waals surface area contributed by atoms with Gasteiger partial charge in [0, 0.05) is 17.8 Å². The van der Waals surface area contributed by atoms with E-state index in [1.54, 1.807) is 25.1 Å². The van der Waals surface area contributed by atoms with Gasteiger partial charge >= 0.3 is 0 Å². The molecular weight excluding hydrogens is 240 g/mol. The molecule has 92 valence electrons. The van der Waals surface area contributed by atoms with Crippen LogP contribution in [0.1, 0.15) is 18.9 Å². The standard InChI is InChI=1S/C12H15ClN2O2/c1-3-11(16)15-10-5-4-9(6-8(10)2)14-12(17)7-13/h4-6H,3,7H2,1-2H3,(H,14,17)(H,15,16). The Morgan fingerprint density at radius 3 is 2.47 bits per heavy atom. The number of carbonyl (C=O) groups excluding carboxylic acids is 2. The Balaban J connectivity index is 2.79. The van der Waals surface area contributed by atoms with Gasteiger partial charge in [0.1, 0.15) is 5.88 Å². The van der Waals surface area contributed by atoms with Crippen molar-refractivity contribution < 1.29 is 9.59 Å². The lowest BCUT2D eigenvalue weighted by molar-refractivity contribution is -0.116. The van der Waals surface area contributed by atoms with Crippen LogP contribution in [-0.2, 0) is 9.59 Å². The normalized spacial score (nSPS) is 9.82. The molecule has 4 nitrogen and oxygen atoms in total. The largest absolute Gasteiger partial charge is 0.326 e. The lowest BCUT2D eigenvalue weighted by Gasteiger charge is -2.10. The van der Waals surface area contributed by atoms with Crippen LogP contribution in [0.3, 0.4) is 0 Å². The van der Waals surface area contributed by atoms with Gasteiger partial charge in [-0.2, -0.15) is 0 Å². The number of carbonyl (C=O) groups is 2. The van der Waals surface area contributed by atoms with E-state index in [-0.39, 0.29) is 17.7 Å². The molecule has 0 atom stereocenters. The van der Waals surface area contributed by atoms with Crippen molar-refractivity contribution in [3.05, 3.63) is 23.8 Å². The summed E-state index contributed by atoms with van der Waals surface area (Å²) >= 11 is 5.39. The number of hydrogen-bond donors (Lipinski definition) is 2. The second kappa shape index (κ2) is 6.25. The van der Waals surface area contributed by atoms with Gasteiger partial charge in [0.15, 0.2) is 0 Å². The molecule has 0 aromatic heterocycles. The van der Waals surface area contributed by atoms with Gasteiger partial charge in [0.2, 0.25) is 11.8 Å². The molecule has 0 unspecified atom stereocenters. The molecule has 1 aromatic rings. The number of hydrogen-bond acceptors (Lipinski definition) is 2. The van der Waals surface area contributed by atoms with E-state index in [0.717, 1.165) is 11.3 Å². The van der Waals surface area contributed by atoms with Crippen molar-refractivity contribution in [1.29, 1.82) is 0 Å². The number of anilines is 2. The summed E-state index contributed by atoms with van der Waals surface area (Å²) in [5.74, 6) is -0.366. The van der Waals surface area contributed by atoms with E-state index in [0.29, 0.717) is 12.1 Å². The molecule has 0 aliphatic rings. The second-order valence-electron chi connectivity index (χ2n) is 3.61. The van der Waals surface area contributed by atoms with Crippen molar-refractivity contribution in [2.75, 3.05) is 16.5 Å². The van der Waals surface area contributed by atoms with E-state index < -0.39 is 0 Å². The molecule has 1 rings (SSSR count). The first-order chi connectivity index (χ1) is 8.06. The summed E-state index contributed by atoms with van der Waals surface area (Å²) in [6, 6.07) is 5.27. The number of aryl methyl sites for hydroxylation is 1. The molecular formula is C12H15ClN2O2. The fourth-order valence-corrected chi connectivity index (χ4v) is 1.38. The van der Waals surface area contributed by atoms with Crippen molar-refractivity contribution in [3.8, 4) is 0 Å². The average Bonchev–Trinajstić information content (AvgIpc) is 2.32. The first-order valence-electron chi connectivity index (χ1n) is 5.33. The van der Waals surface area contributed by atoms with Crippen LogP contribution in [0.25, 0.3) is 0 Å². The molecule has 0 saturated carbocycles. The van der Waals surface area contributed by atoms with Crippen LogP contribution in [0.2, 0.25) is 0 Å². The molecule has 5 heteroatoms. The third kappa shape index (κ3) is 4.07. The average molecular weight is 255 g/mol. The van der Waals surface area contributed by atoms with Crippen LogP contribution in [0.5, 0.6) is 0 Å². The predicted octanol–water partition coefficient (Wildman–Crippen LogP) is 2.52. The minimum atomic E-state index is -0.253. The number of amides is 2. The summed E-state index contributed by atoms with van der Waals surface area (Å²) in [7, 11) is 0. The van der Waals surface area contributed by atoms with Gasteiger partial charge in [-0.1, -0.05) is 6.92 Å². The maximum Gasteiger partial charge on any atom is 0.239 e. The second-order valence-corrected chi connectivity index (χ2v) is 3.88. The minimum absolute atomic E-state index is 0.0364. The summed E-state index contributed by atoms with van der Waals surface area (Å²) in [6.07, 6.45) is 0.435. The fourth-order valence-electron chi connectivity index (χ4n) is 1.31. The van der Waals surface area contributed by atoms with Crippen molar-refractivity contribution in [3.63, 3.8) is 0 Å². The van der Waals surface area contributed by atoms with E-state index in [1.807, 2.05) is 6.92 Å². The highest BCUT2D eigenvalue weighted by Gasteiger charge is 2.05. The molecule has 1 aromatic carbocycles. The number of halogens is 1. The highest BCUT2D eigenvalue weighted by molar-refractivity contribution is 6.29. The Bertz CT molecular complexity index is 433. The third-order valence-corrected chi connectivity index (χ3v) is 2.47. The fraction of sp³-hybridized carbons (Fsp3) is 0.333. The Hall–Kier alpha value is -1.55. The zero-order chi connectivity index (χ0) is 12.8. The predicted molar refractivity (Wildman–Crippen MR) is 69.4 cm³/mol. The van der Waals surface area contributed by atoms with Crippen LogP contribution in [0.4, 0.5) is 11.4 Å². The first-order valence-corrected chi connectivity index (χ1v) is 5.86. The number of benzene rings is 1. The monoisotopic (exact) mass is 254 g/mol. The highest BCUT2D eigenvalue weighted by atomic mass is 35.5. The van der Waals surface area contributed by atoms with Gasteiger partial charge in [-0.25, -0.2) is 0 Å². The zero-order valence-electron chi connectivity index (χ0n) is 9.84. The molecule has 2 amide bonds. The first kappa shape index (κ1) is 13.5. The summed E-state index contributed by atoms with van der Waals surface area (Å²) in [6.45, 7) is 3.65. The zero-order valence-corrected chi connectivity index (χ0v) is 10.6. The van der Waals surface area contributed by atoms with Gasteiger partial charge in [-0.05, 0) is 30.7 Å². The Labute approximate surface area is 105 Å². The molecule has 0 radical (unpaired) electrons. The van der Waals surface area contributed by atoms with Crippen molar-refractivity contribution in [2.24, 2.45) is 0 Å². The van der Waals surface area contributed by atoms with E-state index in [9.17, 15) is 9.59 Å². The molecule has 0 aliphatic heterocycles. The lowest BCUT2D eigenvalue weighted by Crippen LogP contribution is -2.13. The molecule has 0 heterocycles. The SMILES string of the molecule is CCC(=O)Nc1ccc(NC(=O)CCl)cc1C. The Morgan fingerprint density at radius 1 is 1.24 bits per heavy atom. The number of rotatable bonds is 4. The quantitative estimate of drug-likeness (QED) is 0.811. The van der Waals surface area contributed by atoms with Crippen molar-refractivity contribution in [1.82, 2.24) is 0 Å². The van der Waals surface area contributed by atoms with Gasteiger partial charge in [0.25, 0.3) is 0 Å². The maximum absolute atomic E-state index is 11.2. The number of alkyl halides is 1. The van der Waals surface area contributed by atoms with Crippen molar-refractivity contribution >= 4 is 34.8 Å². The molecule has 0 aliphatic carbocycles. The molecule has 17 heavy (non-hydrogen) atoms. The van der Waals surface area contributed by atoms with E-state index >= 15 is 0 Å². The third-order valence-electron chi connectivity index (χ3n) is 2.23.